The lowest BCUT2D eigenvalue weighted by Gasteiger charge is -2.03. The van der Waals surface area contributed by atoms with E-state index in [1.807, 2.05) is 11.6 Å². The van der Waals surface area contributed by atoms with Gasteiger partial charge in [0, 0.05) is 22.7 Å². The van der Waals surface area contributed by atoms with Crippen molar-refractivity contribution in [3.05, 3.63) is 34.1 Å². The van der Waals surface area contributed by atoms with E-state index in [1.165, 1.54) is 0 Å². The third kappa shape index (κ3) is 2.17. The summed E-state index contributed by atoms with van der Waals surface area (Å²) < 4.78 is 1.81. The lowest BCUT2D eigenvalue weighted by molar-refractivity contribution is 0.853. The molecule has 0 saturated carbocycles. The Kier molecular flexibility index (Phi) is 3.38. The highest BCUT2D eigenvalue weighted by Crippen LogP contribution is 2.26. The molecular formula is C10H8Cl3N3. The van der Waals surface area contributed by atoms with Crippen molar-refractivity contribution in [2.75, 3.05) is 0 Å². The number of benzene rings is 1. The Morgan fingerprint density at radius 3 is 2.25 bits per heavy atom. The summed E-state index contributed by atoms with van der Waals surface area (Å²) in [5.74, 6) is 1.71. The highest BCUT2D eigenvalue weighted by molar-refractivity contribution is 6.35. The van der Waals surface area contributed by atoms with E-state index in [2.05, 4.69) is 10.2 Å². The third-order valence-corrected chi connectivity index (χ3v) is 2.88. The van der Waals surface area contributed by atoms with Crippen LogP contribution in [0.1, 0.15) is 5.82 Å². The molecule has 0 aliphatic heterocycles. The normalized spacial score (nSPS) is 10.8. The summed E-state index contributed by atoms with van der Waals surface area (Å²) in [6, 6.07) is 5.25. The van der Waals surface area contributed by atoms with Gasteiger partial charge in [-0.05, 0) is 18.2 Å². The molecule has 0 aliphatic rings. The van der Waals surface area contributed by atoms with Gasteiger partial charge in [0.25, 0.3) is 0 Å². The lowest BCUT2D eigenvalue weighted by atomic mass is 10.2. The fraction of sp³-hybridized carbons (Fsp3) is 0.200. The largest absolute Gasteiger partial charge is 0.313 e. The van der Waals surface area contributed by atoms with Crippen LogP contribution in [0.3, 0.4) is 0 Å². The first-order valence-corrected chi connectivity index (χ1v) is 5.81. The van der Waals surface area contributed by atoms with Crippen molar-refractivity contribution in [3.63, 3.8) is 0 Å². The second-order valence-corrected chi connectivity index (χ2v) is 4.43. The topological polar surface area (TPSA) is 30.7 Å². The third-order valence-electron chi connectivity index (χ3n) is 2.21. The van der Waals surface area contributed by atoms with Crippen LogP contribution >= 0.6 is 34.8 Å². The highest BCUT2D eigenvalue weighted by Gasteiger charge is 2.10. The molecule has 0 radical (unpaired) electrons. The predicted molar refractivity (Wildman–Crippen MR) is 66.0 cm³/mol. The Bertz CT molecular complexity index is 502. The Morgan fingerprint density at radius 1 is 1.12 bits per heavy atom. The van der Waals surface area contributed by atoms with E-state index in [9.17, 15) is 0 Å². The molecular weight excluding hydrogens is 268 g/mol. The number of halogens is 3. The Labute approximate surface area is 108 Å². The fourth-order valence-electron chi connectivity index (χ4n) is 1.41. The van der Waals surface area contributed by atoms with Gasteiger partial charge >= 0.3 is 0 Å². The van der Waals surface area contributed by atoms with Gasteiger partial charge in [-0.15, -0.1) is 21.8 Å². The standard InChI is InChI=1S/C10H8Cl3N3/c1-16-9(5-11)14-15-10(16)6-2-7(12)4-8(13)3-6/h2-4H,5H2,1H3. The molecule has 0 spiro atoms. The van der Waals surface area contributed by atoms with Gasteiger partial charge in [-0.1, -0.05) is 23.2 Å². The lowest BCUT2D eigenvalue weighted by Crippen LogP contribution is -1.97. The summed E-state index contributed by atoms with van der Waals surface area (Å²) in [7, 11) is 1.85. The second-order valence-electron chi connectivity index (χ2n) is 3.29. The molecule has 0 aliphatic carbocycles. The average molecular weight is 277 g/mol. The molecule has 0 N–H and O–H groups in total. The van der Waals surface area contributed by atoms with Crippen LogP contribution in [0, 0.1) is 0 Å². The molecule has 3 nitrogen and oxygen atoms in total. The minimum absolute atomic E-state index is 0.317. The summed E-state index contributed by atoms with van der Waals surface area (Å²) in [5, 5.41) is 9.15. The molecule has 6 heteroatoms. The van der Waals surface area contributed by atoms with Crippen molar-refractivity contribution in [3.8, 4) is 11.4 Å². The van der Waals surface area contributed by atoms with Crippen LogP contribution in [0.4, 0.5) is 0 Å². The number of rotatable bonds is 2. The molecule has 1 aromatic heterocycles. The first-order valence-electron chi connectivity index (χ1n) is 4.52. The van der Waals surface area contributed by atoms with Gasteiger partial charge in [0.1, 0.15) is 5.82 Å². The van der Waals surface area contributed by atoms with E-state index in [4.69, 9.17) is 34.8 Å². The van der Waals surface area contributed by atoms with Gasteiger partial charge in [-0.3, -0.25) is 0 Å². The van der Waals surface area contributed by atoms with E-state index in [1.54, 1.807) is 18.2 Å². The quantitative estimate of drug-likeness (QED) is 0.786. The van der Waals surface area contributed by atoms with Crippen molar-refractivity contribution in [1.82, 2.24) is 14.8 Å². The molecule has 0 amide bonds. The van der Waals surface area contributed by atoms with E-state index in [-0.39, 0.29) is 0 Å². The van der Waals surface area contributed by atoms with Crippen molar-refractivity contribution in [2.24, 2.45) is 7.05 Å². The predicted octanol–water partition coefficient (Wildman–Crippen LogP) is 3.53. The minimum atomic E-state index is 0.317. The molecule has 2 rings (SSSR count). The summed E-state index contributed by atoms with van der Waals surface area (Å²) in [4.78, 5) is 0. The molecule has 0 saturated heterocycles. The van der Waals surface area contributed by atoms with Crippen LogP contribution in [0.2, 0.25) is 10.0 Å². The van der Waals surface area contributed by atoms with Crippen LogP contribution in [0.25, 0.3) is 11.4 Å². The van der Waals surface area contributed by atoms with Gasteiger partial charge in [0.05, 0.1) is 5.88 Å². The monoisotopic (exact) mass is 275 g/mol. The zero-order valence-electron chi connectivity index (χ0n) is 8.41. The van der Waals surface area contributed by atoms with E-state index < -0.39 is 0 Å². The molecule has 16 heavy (non-hydrogen) atoms. The first kappa shape index (κ1) is 11.7. The molecule has 84 valence electrons. The summed E-state index contributed by atoms with van der Waals surface area (Å²) in [5.41, 5.74) is 0.823. The number of hydrogen-bond donors (Lipinski definition) is 0. The fourth-order valence-corrected chi connectivity index (χ4v) is 2.17. The molecule has 0 unspecified atom stereocenters. The molecule has 1 heterocycles. The Morgan fingerprint density at radius 2 is 1.75 bits per heavy atom. The summed E-state index contributed by atoms with van der Waals surface area (Å²) >= 11 is 17.6. The number of aromatic nitrogens is 3. The Balaban J connectivity index is 2.54. The first-order chi connectivity index (χ1) is 7.61. The van der Waals surface area contributed by atoms with Crippen molar-refractivity contribution in [2.45, 2.75) is 5.88 Å². The van der Waals surface area contributed by atoms with Crippen molar-refractivity contribution in [1.29, 1.82) is 0 Å². The van der Waals surface area contributed by atoms with Gasteiger partial charge < -0.3 is 4.57 Å². The smallest absolute Gasteiger partial charge is 0.163 e. The maximum atomic E-state index is 5.93. The molecule has 0 bridgehead atoms. The van der Waals surface area contributed by atoms with Crippen molar-refractivity contribution >= 4 is 34.8 Å². The summed E-state index contributed by atoms with van der Waals surface area (Å²) in [6.45, 7) is 0. The molecule has 0 atom stereocenters. The second kappa shape index (κ2) is 4.62. The van der Waals surface area contributed by atoms with Gasteiger partial charge in [-0.25, -0.2) is 0 Å². The van der Waals surface area contributed by atoms with E-state index >= 15 is 0 Å². The van der Waals surface area contributed by atoms with Crippen LogP contribution < -0.4 is 0 Å². The summed E-state index contributed by atoms with van der Waals surface area (Å²) in [6.07, 6.45) is 0. The Hall–Kier alpha value is -0.770. The zero-order valence-corrected chi connectivity index (χ0v) is 10.7. The molecule has 1 aromatic carbocycles. The van der Waals surface area contributed by atoms with Crippen LogP contribution in [-0.4, -0.2) is 14.8 Å². The highest BCUT2D eigenvalue weighted by atomic mass is 35.5. The van der Waals surface area contributed by atoms with E-state index in [0.29, 0.717) is 27.6 Å². The number of alkyl halides is 1. The van der Waals surface area contributed by atoms with Crippen LogP contribution in [0.15, 0.2) is 18.2 Å². The zero-order chi connectivity index (χ0) is 11.7. The minimum Gasteiger partial charge on any atom is -0.313 e. The molecule has 0 fully saturated rings. The van der Waals surface area contributed by atoms with Crippen molar-refractivity contribution < 1.29 is 0 Å². The van der Waals surface area contributed by atoms with Crippen LogP contribution in [-0.2, 0) is 12.9 Å². The van der Waals surface area contributed by atoms with Crippen LogP contribution in [0.5, 0.6) is 0 Å². The molecule has 2 aromatic rings. The van der Waals surface area contributed by atoms with Gasteiger partial charge in [-0.2, -0.15) is 0 Å². The van der Waals surface area contributed by atoms with E-state index in [0.717, 1.165) is 5.56 Å². The number of hydrogen-bond acceptors (Lipinski definition) is 2. The number of nitrogens with zero attached hydrogens (tertiary/aromatic N) is 3. The SMILES string of the molecule is Cn1c(CCl)nnc1-c1cc(Cl)cc(Cl)c1. The van der Waals surface area contributed by atoms with Gasteiger partial charge in [0.2, 0.25) is 0 Å². The van der Waals surface area contributed by atoms with Gasteiger partial charge in [0.15, 0.2) is 5.82 Å². The maximum Gasteiger partial charge on any atom is 0.163 e. The average Bonchev–Trinajstić information content (AvgIpc) is 2.58. The maximum absolute atomic E-state index is 5.93.